The zero-order chi connectivity index (χ0) is 13.1. The second-order valence-corrected chi connectivity index (χ2v) is 4.64. The number of benzene rings is 1. The van der Waals surface area contributed by atoms with Gasteiger partial charge in [-0.25, -0.2) is 4.68 Å². The molecule has 0 aliphatic heterocycles. The minimum Gasteiger partial charge on any atom is -0.298 e. The summed E-state index contributed by atoms with van der Waals surface area (Å²) in [6, 6.07) is 7.49. The molecule has 0 bridgehead atoms. The molecule has 1 aromatic carbocycles. The van der Waals surface area contributed by atoms with Gasteiger partial charge in [0.15, 0.2) is 6.29 Å². The Bertz CT molecular complexity index is 578. The molecule has 1 heterocycles. The van der Waals surface area contributed by atoms with Crippen molar-refractivity contribution in [3.63, 3.8) is 0 Å². The van der Waals surface area contributed by atoms with E-state index in [1.807, 2.05) is 31.2 Å². The summed E-state index contributed by atoms with van der Waals surface area (Å²) >= 11 is 12.2. The number of aldehydes is 1. The standard InChI is InChI=1S/C13H12Cl2N2O/c1-2-12-10(8-18)13(15)17(16-12)7-9-5-3-4-6-11(9)14/h3-6,8H,2,7H2,1H3. The third kappa shape index (κ3) is 2.42. The summed E-state index contributed by atoms with van der Waals surface area (Å²) in [5.74, 6) is 0. The zero-order valence-corrected chi connectivity index (χ0v) is 11.4. The first-order valence-electron chi connectivity index (χ1n) is 5.61. The molecule has 0 atom stereocenters. The van der Waals surface area contributed by atoms with Gasteiger partial charge in [0.1, 0.15) is 5.15 Å². The number of carbonyl (C=O) groups excluding carboxylic acids is 1. The number of aromatic nitrogens is 2. The summed E-state index contributed by atoms with van der Waals surface area (Å²) < 4.78 is 1.60. The number of rotatable bonds is 4. The highest BCUT2D eigenvalue weighted by molar-refractivity contribution is 6.32. The zero-order valence-electron chi connectivity index (χ0n) is 9.86. The lowest BCUT2D eigenvalue weighted by atomic mass is 10.2. The van der Waals surface area contributed by atoms with Crippen LogP contribution in [-0.2, 0) is 13.0 Å². The van der Waals surface area contributed by atoms with Crippen molar-refractivity contribution in [1.29, 1.82) is 0 Å². The average molecular weight is 283 g/mol. The fourth-order valence-corrected chi connectivity index (χ4v) is 2.22. The van der Waals surface area contributed by atoms with Crippen LogP contribution in [0, 0.1) is 0 Å². The molecule has 0 aliphatic rings. The molecule has 1 aromatic heterocycles. The van der Waals surface area contributed by atoms with Crippen molar-refractivity contribution in [1.82, 2.24) is 9.78 Å². The highest BCUT2D eigenvalue weighted by Gasteiger charge is 2.15. The topological polar surface area (TPSA) is 34.9 Å². The second-order valence-electron chi connectivity index (χ2n) is 3.87. The van der Waals surface area contributed by atoms with Gasteiger partial charge in [-0.15, -0.1) is 0 Å². The van der Waals surface area contributed by atoms with E-state index in [1.54, 1.807) is 4.68 Å². The molecular formula is C13H12Cl2N2O. The number of carbonyl (C=O) groups is 1. The van der Waals surface area contributed by atoms with Crippen LogP contribution in [0.2, 0.25) is 10.2 Å². The molecule has 0 aliphatic carbocycles. The van der Waals surface area contributed by atoms with Gasteiger partial charge in [-0.2, -0.15) is 5.10 Å². The first-order chi connectivity index (χ1) is 8.67. The molecule has 2 aromatic rings. The third-order valence-electron chi connectivity index (χ3n) is 2.73. The monoisotopic (exact) mass is 282 g/mol. The van der Waals surface area contributed by atoms with E-state index in [-0.39, 0.29) is 0 Å². The number of aryl methyl sites for hydroxylation is 1. The van der Waals surface area contributed by atoms with Crippen LogP contribution in [-0.4, -0.2) is 16.1 Å². The minimum atomic E-state index is 0.363. The first-order valence-corrected chi connectivity index (χ1v) is 6.36. The Hall–Kier alpha value is -1.32. The van der Waals surface area contributed by atoms with Gasteiger partial charge >= 0.3 is 0 Å². The van der Waals surface area contributed by atoms with E-state index in [9.17, 15) is 4.79 Å². The van der Waals surface area contributed by atoms with Gasteiger partial charge < -0.3 is 0 Å². The SMILES string of the molecule is CCc1nn(Cc2ccccc2Cl)c(Cl)c1C=O. The normalized spacial score (nSPS) is 10.6. The molecule has 94 valence electrons. The number of halogens is 2. The number of hydrogen-bond donors (Lipinski definition) is 0. The van der Waals surface area contributed by atoms with E-state index in [2.05, 4.69) is 5.10 Å². The Balaban J connectivity index is 2.38. The van der Waals surface area contributed by atoms with Crippen LogP contribution in [0.25, 0.3) is 0 Å². The number of nitrogens with zero attached hydrogens (tertiary/aromatic N) is 2. The summed E-state index contributed by atoms with van der Waals surface area (Å²) in [6.45, 7) is 2.39. The van der Waals surface area contributed by atoms with Crippen LogP contribution >= 0.6 is 23.2 Å². The summed E-state index contributed by atoms with van der Waals surface area (Å²) in [4.78, 5) is 11.0. The van der Waals surface area contributed by atoms with Crippen molar-refractivity contribution in [3.8, 4) is 0 Å². The smallest absolute Gasteiger partial charge is 0.155 e. The van der Waals surface area contributed by atoms with E-state index in [4.69, 9.17) is 23.2 Å². The lowest BCUT2D eigenvalue weighted by Crippen LogP contribution is -2.03. The minimum absolute atomic E-state index is 0.363. The molecule has 18 heavy (non-hydrogen) atoms. The molecule has 0 radical (unpaired) electrons. The number of hydrogen-bond acceptors (Lipinski definition) is 2. The van der Waals surface area contributed by atoms with E-state index in [0.717, 1.165) is 11.8 Å². The van der Waals surface area contributed by atoms with Crippen LogP contribution in [0.4, 0.5) is 0 Å². The molecule has 0 saturated carbocycles. The van der Waals surface area contributed by atoms with Crippen LogP contribution in [0.1, 0.15) is 28.5 Å². The lowest BCUT2D eigenvalue weighted by molar-refractivity contribution is 0.112. The largest absolute Gasteiger partial charge is 0.298 e. The van der Waals surface area contributed by atoms with Crippen molar-refractivity contribution in [3.05, 3.63) is 51.3 Å². The van der Waals surface area contributed by atoms with Gasteiger partial charge in [0.25, 0.3) is 0 Å². The molecule has 0 saturated heterocycles. The second kappa shape index (κ2) is 5.55. The van der Waals surface area contributed by atoms with E-state index in [0.29, 0.717) is 34.4 Å². The van der Waals surface area contributed by atoms with Crippen molar-refractivity contribution >= 4 is 29.5 Å². The first kappa shape index (κ1) is 13.1. The average Bonchev–Trinajstić information content (AvgIpc) is 2.68. The van der Waals surface area contributed by atoms with E-state index in [1.165, 1.54) is 0 Å². The van der Waals surface area contributed by atoms with Crippen LogP contribution in [0.15, 0.2) is 24.3 Å². The quantitative estimate of drug-likeness (QED) is 0.803. The van der Waals surface area contributed by atoms with Crippen molar-refractivity contribution < 1.29 is 4.79 Å². The van der Waals surface area contributed by atoms with Crippen LogP contribution in [0.3, 0.4) is 0 Å². The van der Waals surface area contributed by atoms with Crippen molar-refractivity contribution in [2.24, 2.45) is 0 Å². The van der Waals surface area contributed by atoms with E-state index < -0.39 is 0 Å². The highest BCUT2D eigenvalue weighted by Crippen LogP contribution is 2.22. The van der Waals surface area contributed by atoms with Gasteiger partial charge in [-0.3, -0.25) is 4.79 Å². The molecule has 2 rings (SSSR count). The maximum absolute atomic E-state index is 11.0. The van der Waals surface area contributed by atoms with Gasteiger partial charge in [0, 0.05) is 5.02 Å². The Kier molecular flexibility index (Phi) is 4.04. The molecule has 0 spiro atoms. The van der Waals surface area contributed by atoms with Crippen molar-refractivity contribution in [2.45, 2.75) is 19.9 Å². The predicted molar refractivity (Wildman–Crippen MR) is 72.6 cm³/mol. The predicted octanol–water partition coefficient (Wildman–Crippen LogP) is 3.61. The van der Waals surface area contributed by atoms with Crippen molar-refractivity contribution in [2.75, 3.05) is 0 Å². The third-order valence-corrected chi connectivity index (χ3v) is 3.50. The molecule has 0 unspecified atom stereocenters. The Morgan fingerprint density at radius 2 is 2.06 bits per heavy atom. The summed E-state index contributed by atoms with van der Waals surface area (Å²) in [7, 11) is 0. The summed E-state index contributed by atoms with van der Waals surface area (Å²) in [6.07, 6.45) is 1.42. The van der Waals surface area contributed by atoms with E-state index >= 15 is 0 Å². The Labute approximate surface area is 115 Å². The lowest BCUT2D eigenvalue weighted by Gasteiger charge is -2.05. The fourth-order valence-electron chi connectivity index (χ4n) is 1.77. The maximum atomic E-state index is 11.0. The highest BCUT2D eigenvalue weighted by atomic mass is 35.5. The fraction of sp³-hybridized carbons (Fsp3) is 0.231. The molecule has 0 N–H and O–H groups in total. The van der Waals surface area contributed by atoms with Gasteiger partial charge in [-0.05, 0) is 18.1 Å². The molecule has 0 amide bonds. The molecule has 0 fully saturated rings. The Morgan fingerprint density at radius 1 is 1.33 bits per heavy atom. The van der Waals surface area contributed by atoms with Crippen LogP contribution in [0.5, 0.6) is 0 Å². The summed E-state index contributed by atoms with van der Waals surface area (Å²) in [5, 5.41) is 5.35. The van der Waals surface area contributed by atoms with Crippen LogP contribution < -0.4 is 0 Å². The summed E-state index contributed by atoms with van der Waals surface area (Å²) in [5.41, 5.74) is 2.09. The maximum Gasteiger partial charge on any atom is 0.155 e. The van der Waals surface area contributed by atoms with Gasteiger partial charge in [-0.1, -0.05) is 48.3 Å². The molecule has 5 heteroatoms. The molecule has 3 nitrogen and oxygen atoms in total. The van der Waals surface area contributed by atoms with Gasteiger partial charge in [0.05, 0.1) is 17.8 Å². The molecular weight excluding hydrogens is 271 g/mol. The Morgan fingerprint density at radius 3 is 2.61 bits per heavy atom. The van der Waals surface area contributed by atoms with Gasteiger partial charge in [0.2, 0.25) is 0 Å².